The molecule has 0 saturated carbocycles. The van der Waals surface area contributed by atoms with Gasteiger partial charge >= 0.3 is 5.97 Å². The van der Waals surface area contributed by atoms with Crippen molar-refractivity contribution >= 4 is 17.5 Å². The smallest absolute Gasteiger partial charge is 0.321 e. The van der Waals surface area contributed by atoms with Crippen molar-refractivity contribution in [3.63, 3.8) is 0 Å². The van der Waals surface area contributed by atoms with Crippen molar-refractivity contribution in [1.82, 2.24) is 5.32 Å². The lowest BCUT2D eigenvalue weighted by atomic mass is 9.90. The molecule has 2 rings (SSSR count). The number of hydrogen-bond acceptors (Lipinski definition) is 4. The summed E-state index contributed by atoms with van der Waals surface area (Å²) in [7, 11) is 0. The summed E-state index contributed by atoms with van der Waals surface area (Å²) in [6.07, 6.45) is -1.79. The number of Topliss-reactive ketones (excluding diaryl/α,β-unsaturated/α-hetero) is 2. The Morgan fingerprint density at radius 2 is 1.90 bits per heavy atom. The highest BCUT2D eigenvalue weighted by molar-refractivity contribution is 6.39. The van der Waals surface area contributed by atoms with E-state index in [1.54, 1.807) is 30.3 Å². The lowest BCUT2D eigenvalue weighted by Gasteiger charge is -2.14. The quantitative estimate of drug-likeness (QED) is 0.761. The fraction of sp³-hybridized carbons (Fsp3) is 0.357. The molecule has 0 aliphatic carbocycles. The maximum atomic E-state index is 13.6. The van der Waals surface area contributed by atoms with Crippen LogP contribution in [0.2, 0.25) is 0 Å². The van der Waals surface area contributed by atoms with E-state index in [1.165, 1.54) is 0 Å². The molecule has 0 spiro atoms. The van der Waals surface area contributed by atoms with Crippen molar-refractivity contribution in [2.45, 2.75) is 18.6 Å². The average molecular weight is 279 g/mol. The molecule has 0 amide bonds. The van der Waals surface area contributed by atoms with Gasteiger partial charge in [-0.3, -0.25) is 14.4 Å². The first-order valence-corrected chi connectivity index (χ1v) is 6.22. The lowest BCUT2D eigenvalue weighted by molar-refractivity contribution is -0.145. The second kappa shape index (κ2) is 5.92. The van der Waals surface area contributed by atoms with E-state index in [0.717, 1.165) is 0 Å². The second-order valence-electron chi connectivity index (χ2n) is 4.72. The number of carbonyl (C=O) groups excluding carboxylic acids is 2. The molecule has 3 atom stereocenters. The fourth-order valence-electron chi connectivity index (χ4n) is 2.31. The summed E-state index contributed by atoms with van der Waals surface area (Å²) >= 11 is 0. The van der Waals surface area contributed by atoms with Crippen molar-refractivity contribution < 1.29 is 23.9 Å². The van der Waals surface area contributed by atoms with Gasteiger partial charge in [-0.1, -0.05) is 30.3 Å². The van der Waals surface area contributed by atoms with E-state index in [2.05, 4.69) is 5.32 Å². The number of nitrogens with one attached hydrogen (secondary N) is 1. The van der Waals surface area contributed by atoms with Crippen molar-refractivity contribution in [2.24, 2.45) is 5.92 Å². The number of aliphatic carboxylic acids is 1. The molecule has 1 aliphatic rings. The van der Waals surface area contributed by atoms with Gasteiger partial charge in [0.1, 0.15) is 12.2 Å². The predicted octanol–water partition coefficient (Wildman–Crippen LogP) is 0.378. The summed E-state index contributed by atoms with van der Waals surface area (Å²) < 4.78 is 13.6. The van der Waals surface area contributed by atoms with Crippen LogP contribution in [-0.2, 0) is 20.8 Å². The van der Waals surface area contributed by atoms with E-state index < -0.39 is 35.7 Å². The molecule has 20 heavy (non-hydrogen) atoms. The Morgan fingerprint density at radius 3 is 2.50 bits per heavy atom. The lowest BCUT2D eigenvalue weighted by Crippen LogP contribution is -2.42. The van der Waals surface area contributed by atoms with Crippen LogP contribution >= 0.6 is 0 Å². The SMILES string of the molecule is O=C(Cc1ccccc1)C(=O)C1C(F)CN[C@@H]1C(=O)O. The van der Waals surface area contributed by atoms with Gasteiger partial charge in [0.2, 0.25) is 11.6 Å². The van der Waals surface area contributed by atoms with Gasteiger partial charge in [0.15, 0.2) is 0 Å². The number of ketones is 2. The maximum absolute atomic E-state index is 13.6. The molecule has 2 N–H and O–H groups in total. The standard InChI is InChI=1S/C14H14FNO4/c15-9-7-16-12(14(19)20)11(9)13(18)10(17)6-8-4-2-1-3-5-8/h1-5,9,11-12,16H,6-7H2,(H,19,20)/t9?,11?,12-/m0/s1. The zero-order valence-electron chi connectivity index (χ0n) is 10.6. The van der Waals surface area contributed by atoms with Gasteiger partial charge < -0.3 is 10.4 Å². The molecule has 106 valence electrons. The van der Waals surface area contributed by atoms with Crippen LogP contribution in [-0.4, -0.2) is 41.4 Å². The summed E-state index contributed by atoms with van der Waals surface area (Å²) in [6.45, 7) is -0.230. The largest absolute Gasteiger partial charge is 0.480 e. The van der Waals surface area contributed by atoms with Crippen LogP contribution in [0.25, 0.3) is 0 Å². The van der Waals surface area contributed by atoms with Crippen LogP contribution in [0.15, 0.2) is 30.3 Å². The van der Waals surface area contributed by atoms with E-state index >= 15 is 0 Å². The molecular weight excluding hydrogens is 265 g/mol. The van der Waals surface area contributed by atoms with E-state index in [-0.39, 0.29) is 13.0 Å². The molecule has 1 aromatic carbocycles. The molecule has 0 aromatic heterocycles. The zero-order valence-corrected chi connectivity index (χ0v) is 10.6. The second-order valence-corrected chi connectivity index (χ2v) is 4.72. The van der Waals surface area contributed by atoms with Gasteiger partial charge in [-0.2, -0.15) is 0 Å². The first-order chi connectivity index (χ1) is 9.50. The van der Waals surface area contributed by atoms with Crippen LogP contribution in [0.5, 0.6) is 0 Å². The molecule has 1 heterocycles. The Balaban J connectivity index is 2.10. The highest BCUT2D eigenvalue weighted by atomic mass is 19.1. The molecule has 2 unspecified atom stereocenters. The van der Waals surface area contributed by atoms with Gasteiger partial charge in [0.25, 0.3) is 0 Å². The normalized spacial score (nSPS) is 25.4. The summed E-state index contributed by atoms with van der Waals surface area (Å²) in [6, 6.07) is 7.25. The molecule has 1 fully saturated rings. The Labute approximate surface area is 114 Å². The van der Waals surface area contributed by atoms with Gasteiger partial charge in [0, 0.05) is 13.0 Å². The third-order valence-corrected chi connectivity index (χ3v) is 3.33. The highest BCUT2D eigenvalue weighted by Crippen LogP contribution is 2.21. The highest BCUT2D eigenvalue weighted by Gasteiger charge is 2.46. The van der Waals surface area contributed by atoms with Gasteiger partial charge in [-0.15, -0.1) is 0 Å². The maximum Gasteiger partial charge on any atom is 0.321 e. The van der Waals surface area contributed by atoms with Gasteiger partial charge in [0.05, 0.1) is 5.92 Å². The molecule has 1 aliphatic heterocycles. The van der Waals surface area contributed by atoms with Crippen molar-refractivity contribution in [1.29, 1.82) is 0 Å². The number of carbonyl (C=O) groups is 3. The summed E-state index contributed by atoms with van der Waals surface area (Å²) in [5.41, 5.74) is 0.638. The molecule has 1 saturated heterocycles. The first kappa shape index (κ1) is 14.3. The summed E-state index contributed by atoms with van der Waals surface area (Å²) in [4.78, 5) is 34.8. The molecule has 6 heteroatoms. The predicted molar refractivity (Wildman–Crippen MR) is 68.0 cm³/mol. The minimum Gasteiger partial charge on any atom is -0.480 e. The average Bonchev–Trinajstić information content (AvgIpc) is 2.81. The third-order valence-electron chi connectivity index (χ3n) is 3.33. The van der Waals surface area contributed by atoms with Crippen LogP contribution in [0.3, 0.4) is 0 Å². The fourth-order valence-corrected chi connectivity index (χ4v) is 2.31. The Kier molecular flexibility index (Phi) is 4.24. The number of carboxylic acid groups (broad SMARTS) is 1. The molecule has 5 nitrogen and oxygen atoms in total. The van der Waals surface area contributed by atoms with Crippen molar-refractivity contribution in [3.05, 3.63) is 35.9 Å². The first-order valence-electron chi connectivity index (χ1n) is 6.22. The monoisotopic (exact) mass is 279 g/mol. The Hall–Kier alpha value is -2.08. The minimum atomic E-state index is -1.65. The minimum absolute atomic E-state index is 0.144. The molecule has 1 aromatic rings. The van der Waals surface area contributed by atoms with E-state index in [1.807, 2.05) is 0 Å². The van der Waals surface area contributed by atoms with E-state index in [0.29, 0.717) is 5.56 Å². The van der Waals surface area contributed by atoms with Crippen LogP contribution in [0, 0.1) is 5.92 Å². The van der Waals surface area contributed by atoms with Crippen LogP contribution < -0.4 is 5.32 Å². The van der Waals surface area contributed by atoms with E-state index in [4.69, 9.17) is 5.11 Å². The molecule has 0 bridgehead atoms. The number of benzene rings is 1. The molecule has 0 radical (unpaired) electrons. The van der Waals surface area contributed by atoms with E-state index in [9.17, 15) is 18.8 Å². The van der Waals surface area contributed by atoms with Crippen molar-refractivity contribution in [3.8, 4) is 0 Å². The third kappa shape index (κ3) is 2.91. The Morgan fingerprint density at radius 1 is 1.25 bits per heavy atom. The van der Waals surface area contributed by atoms with Crippen LogP contribution in [0.1, 0.15) is 5.56 Å². The van der Waals surface area contributed by atoms with Crippen molar-refractivity contribution in [2.75, 3.05) is 6.54 Å². The molecular formula is C14H14FNO4. The van der Waals surface area contributed by atoms with Gasteiger partial charge in [-0.05, 0) is 5.56 Å². The van der Waals surface area contributed by atoms with Crippen LogP contribution in [0.4, 0.5) is 4.39 Å². The topological polar surface area (TPSA) is 83.5 Å². The summed E-state index contributed by atoms with van der Waals surface area (Å²) in [5, 5.41) is 11.3. The van der Waals surface area contributed by atoms with Gasteiger partial charge in [-0.25, -0.2) is 4.39 Å². The zero-order chi connectivity index (χ0) is 14.7. The number of halogens is 1. The number of rotatable bonds is 5. The summed E-state index contributed by atoms with van der Waals surface area (Å²) in [5.74, 6) is -4.49. The number of alkyl halides is 1. The number of hydrogen-bond donors (Lipinski definition) is 2. The number of carboxylic acids is 1. The Bertz CT molecular complexity index is 531.